The fraction of sp³-hybridized carbons (Fsp3) is 0.208. The first-order valence-electron chi connectivity index (χ1n) is 10.1. The molecule has 168 valence electrons. The van der Waals surface area contributed by atoms with E-state index in [-0.39, 0.29) is 27.9 Å². The lowest BCUT2D eigenvalue weighted by molar-refractivity contribution is 0.0752. The molecule has 1 amide bonds. The van der Waals surface area contributed by atoms with Crippen LogP contribution in [0, 0.1) is 0 Å². The van der Waals surface area contributed by atoms with E-state index in [9.17, 15) is 13.2 Å². The van der Waals surface area contributed by atoms with Gasteiger partial charge in [-0.05, 0) is 48.4 Å². The average molecular weight is 473 g/mol. The third kappa shape index (κ3) is 5.88. The molecular formula is C24H25ClN2O4S. The van der Waals surface area contributed by atoms with Gasteiger partial charge in [-0.3, -0.25) is 4.79 Å². The first kappa shape index (κ1) is 23.8. The molecule has 0 radical (unpaired) electrons. The van der Waals surface area contributed by atoms with E-state index in [1.807, 2.05) is 61.5 Å². The first-order valence-corrected chi connectivity index (χ1v) is 12.0. The lowest BCUT2D eigenvalue weighted by atomic mass is 10.1. The fourth-order valence-corrected chi connectivity index (χ4v) is 4.70. The van der Waals surface area contributed by atoms with Gasteiger partial charge in [0.15, 0.2) is 0 Å². The molecule has 0 unspecified atom stereocenters. The number of carbonyl (C=O) groups excluding carboxylic acids is 1. The van der Waals surface area contributed by atoms with Gasteiger partial charge in [-0.15, -0.1) is 0 Å². The molecule has 0 saturated heterocycles. The number of ether oxygens (including phenoxy) is 1. The minimum Gasteiger partial charge on any atom is -0.497 e. The van der Waals surface area contributed by atoms with Crippen LogP contribution in [0.25, 0.3) is 0 Å². The molecule has 0 aliphatic heterocycles. The number of halogens is 1. The first-order chi connectivity index (χ1) is 15.3. The van der Waals surface area contributed by atoms with E-state index in [0.717, 1.165) is 16.9 Å². The van der Waals surface area contributed by atoms with Crippen LogP contribution in [0.4, 0.5) is 0 Å². The quantitative estimate of drug-likeness (QED) is 0.498. The Labute approximate surface area is 193 Å². The zero-order valence-corrected chi connectivity index (χ0v) is 19.5. The Hall–Kier alpha value is -2.87. The molecule has 3 aromatic rings. The van der Waals surface area contributed by atoms with Crippen molar-refractivity contribution in [2.24, 2.45) is 0 Å². The summed E-state index contributed by atoms with van der Waals surface area (Å²) in [4.78, 5) is 14.6. The molecule has 3 aromatic carbocycles. The van der Waals surface area contributed by atoms with Gasteiger partial charge < -0.3 is 9.64 Å². The highest BCUT2D eigenvalue weighted by Gasteiger charge is 2.22. The van der Waals surface area contributed by atoms with E-state index in [2.05, 4.69) is 4.72 Å². The van der Waals surface area contributed by atoms with Crippen molar-refractivity contribution in [2.45, 2.75) is 24.9 Å². The molecular weight excluding hydrogens is 448 g/mol. The molecule has 8 heteroatoms. The van der Waals surface area contributed by atoms with Crippen molar-refractivity contribution in [1.29, 1.82) is 0 Å². The number of nitrogens with zero attached hydrogens (tertiary/aromatic N) is 1. The van der Waals surface area contributed by atoms with Gasteiger partial charge in [0.1, 0.15) is 10.6 Å². The van der Waals surface area contributed by atoms with Gasteiger partial charge in [-0.1, -0.05) is 54.1 Å². The number of methoxy groups -OCH3 is 1. The monoisotopic (exact) mass is 472 g/mol. The normalized spacial score (nSPS) is 11.2. The zero-order chi connectivity index (χ0) is 23.1. The van der Waals surface area contributed by atoms with Crippen LogP contribution in [0.3, 0.4) is 0 Å². The summed E-state index contributed by atoms with van der Waals surface area (Å²) in [5.41, 5.74) is 2.01. The number of nitrogens with one attached hydrogen (secondary N) is 1. The van der Waals surface area contributed by atoms with Crippen molar-refractivity contribution in [3.05, 3.63) is 94.5 Å². The molecule has 1 N–H and O–H groups in total. The third-order valence-corrected chi connectivity index (χ3v) is 6.86. The van der Waals surface area contributed by atoms with Crippen molar-refractivity contribution in [2.75, 3.05) is 13.7 Å². The predicted molar refractivity (Wildman–Crippen MR) is 125 cm³/mol. The second kappa shape index (κ2) is 10.6. The van der Waals surface area contributed by atoms with E-state index < -0.39 is 10.0 Å². The Morgan fingerprint density at radius 2 is 1.69 bits per heavy atom. The summed E-state index contributed by atoms with van der Waals surface area (Å²) in [6.45, 7) is 2.84. The van der Waals surface area contributed by atoms with Crippen molar-refractivity contribution in [1.82, 2.24) is 9.62 Å². The molecule has 3 rings (SSSR count). The highest BCUT2D eigenvalue weighted by Crippen LogP contribution is 2.24. The minimum absolute atomic E-state index is 0.0558. The molecule has 0 spiro atoms. The maximum Gasteiger partial charge on any atom is 0.254 e. The number of amides is 1. The second-order valence-electron chi connectivity index (χ2n) is 7.12. The Morgan fingerprint density at radius 1 is 1.00 bits per heavy atom. The summed E-state index contributed by atoms with van der Waals surface area (Å²) in [7, 11) is -2.32. The van der Waals surface area contributed by atoms with Crippen molar-refractivity contribution in [3.63, 3.8) is 0 Å². The van der Waals surface area contributed by atoms with Gasteiger partial charge in [0.2, 0.25) is 10.0 Å². The average Bonchev–Trinajstić information content (AvgIpc) is 2.82. The highest BCUT2D eigenvalue weighted by molar-refractivity contribution is 7.89. The van der Waals surface area contributed by atoms with Crippen molar-refractivity contribution in [3.8, 4) is 5.75 Å². The van der Waals surface area contributed by atoms with E-state index in [4.69, 9.17) is 16.3 Å². The molecule has 0 aromatic heterocycles. The summed E-state index contributed by atoms with van der Waals surface area (Å²) in [6, 6.07) is 20.9. The number of sulfonamides is 1. The standard InChI is InChI=1S/C24H25ClN2O4S/c1-3-27(17-19-9-12-21(31-2)13-10-19)24(28)20-11-14-22(25)23(15-20)32(29,30)26-16-18-7-5-4-6-8-18/h4-15,26H,3,16-17H2,1-2H3. The lowest BCUT2D eigenvalue weighted by Gasteiger charge is -2.22. The topological polar surface area (TPSA) is 75.7 Å². The van der Waals surface area contributed by atoms with Gasteiger partial charge in [-0.25, -0.2) is 13.1 Å². The molecule has 0 aliphatic carbocycles. The number of benzene rings is 3. The molecule has 0 aliphatic rings. The van der Waals surface area contributed by atoms with E-state index in [1.165, 1.54) is 18.2 Å². The Bertz CT molecular complexity index is 1170. The van der Waals surface area contributed by atoms with Crippen LogP contribution in [0.2, 0.25) is 5.02 Å². The van der Waals surface area contributed by atoms with Crippen LogP contribution in [0.1, 0.15) is 28.4 Å². The molecule has 0 atom stereocenters. The summed E-state index contributed by atoms with van der Waals surface area (Å²) in [6.07, 6.45) is 0. The van der Waals surface area contributed by atoms with Gasteiger partial charge in [0, 0.05) is 25.2 Å². The molecule has 0 fully saturated rings. The molecule has 32 heavy (non-hydrogen) atoms. The number of hydrogen-bond acceptors (Lipinski definition) is 4. The summed E-state index contributed by atoms with van der Waals surface area (Å²) >= 11 is 6.18. The zero-order valence-electron chi connectivity index (χ0n) is 17.9. The fourth-order valence-electron chi connectivity index (χ4n) is 3.16. The van der Waals surface area contributed by atoms with Gasteiger partial charge >= 0.3 is 0 Å². The van der Waals surface area contributed by atoms with E-state index in [0.29, 0.717) is 13.1 Å². The predicted octanol–water partition coefficient (Wildman–Crippen LogP) is 4.49. The maximum absolute atomic E-state index is 13.1. The van der Waals surface area contributed by atoms with Crippen molar-refractivity contribution < 1.29 is 17.9 Å². The number of hydrogen-bond donors (Lipinski definition) is 1. The summed E-state index contributed by atoms with van der Waals surface area (Å²) in [5.74, 6) is 0.457. The Morgan fingerprint density at radius 3 is 2.31 bits per heavy atom. The molecule has 0 saturated carbocycles. The van der Waals surface area contributed by atoms with Gasteiger partial charge in [0.05, 0.1) is 12.1 Å². The van der Waals surface area contributed by atoms with Crippen LogP contribution in [-0.2, 0) is 23.1 Å². The molecule has 6 nitrogen and oxygen atoms in total. The molecule has 0 heterocycles. The minimum atomic E-state index is -3.91. The molecule has 0 bridgehead atoms. The van der Waals surface area contributed by atoms with Gasteiger partial charge in [-0.2, -0.15) is 0 Å². The second-order valence-corrected chi connectivity index (χ2v) is 9.27. The summed E-state index contributed by atoms with van der Waals surface area (Å²) < 4.78 is 33.4. The van der Waals surface area contributed by atoms with Crippen LogP contribution in [0.15, 0.2) is 77.7 Å². The third-order valence-electron chi connectivity index (χ3n) is 4.98. The van der Waals surface area contributed by atoms with Crippen LogP contribution in [0.5, 0.6) is 5.75 Å². The van der Waals surface area contributed by atoms with E-state index >= 15 is 0 Å². The Kier molecular flexibility index (Phi) is 7.90. The van der Waals surface area contributed by atoms with Crippen molar-refractivity contribution >= 4 is 27.5 Å². The van der Waals surface area contributed by atoms with Crippen LogP contribution < -0.4 is 9.46 Å². The largest absolute Gasteiger partial charge is 0.497 e. The number of carbonyl (C=O) groups is 1. The highest BCUT2D eigenvalue weighted by atomic mass is 35.5. The maximum atomic E-state index is 13.1. The van der Waals surface area contributed by atoms with Crippen LogP contribution >= 0.6 is 11.6 Å². The lowest BCUT2D eigenvalue weighted by Crippen LogP contribution is -2.30. The Balaban J connectivity index is 1.79. The summed E-state index contributed by atoms with van der Waals surface area (Å²) in [5, 5.41) is 0.0558. The smallest absolute Gasteiger partial charge is 0.254 e. The SMILES string of the molecule is CCN(Cc1ccc(OC)cc1)C(=O)c1ccc(Cl)c(S(=O)(=O)NCc2ccccc2)c1. The van der Waals surface area contributed by atoms with Crippen LogP contribution in [-0.4, -0.2) is 32.9 Å². The van der Waals surface area contributed by atoms with E-state index in [1.54, 1.807) is 12.0 Å². The van der Waals surface area contributed by atoms with Gasteiger partial charge in [0.25, 0.3) is 5.91 Å². The number of rotatable bonds is 9.